The van der Waals surface area contributed by atoms with Gasteiger partial charge in [-0.25, -0.2) is 9.78 Å². The standard InChI is InChI=1S/C26H27N3O4S2/c1-3-33-25(32)19-9-11-20(12-10-19)27-22(30)16-34-26-28-21-15-17(2)35-23(21)24(31)29(26)14-13-18-7-5-4-6-8-18/h4-12,17H,3,13-16H2,1-2H3,(H,27,30)/t17-/m0/s1. The highest BCUT2D eigenvalue weighted by atomic mass is 32.2. The van der Waals surface area contributed by atoms with E-state index in [0.717, 1.165) is 22.6 Å². The summed E-state index contributed by atoms with van der Waals surface area (Å²) in [6, 6.07) is 16.6. The molecule has 0 saturated carbocycles. The normalized spacial score (nSPS) is 14.4. The third-order valence-electron chi connectivity index (χ3n) is 5.44. The van der Waals surface area contributed by atoms with Crippen molar-refractivity contribution < 1.29 is 14.3 Å². The van der Waals surface area contributed by atoms with Crippen molar-refractivity contribution in [2.24, 2.45) is 0 Å². The molecule has 0 bridgehead atoms. The lowest BCUT2D eigenvalue weighted by Crippen LogP contribution is -2.27. The van der Waals surface area contributed by atoms with E-state index in [1.54, 1.807) is 47.5 Å². The summed E-state index contributed by atoms with van der Waals surface area (Å²) < 4.78 is 6.68. The van der Waals surface area contributed by atoms with E-state index in [-0.39, 0.29) is 17.2 Å². The van der Waals surface area contributed by atoms with Gasteiger partial charge in [0.05, 0.1) is 28.5 Å². The number of hydrogen-bond acceptors (Lipinski definition) is 7. The van der Waals surface area contributed by atoms with E-state index in [2.05, 4.69) is 12.2 Å². The smallest absolute Gasteiger partial charge is 0.338 e. The van der Waals surface area contributed by atoms with Crippen molar-refractivity contribution in [1.29, 1.82) is 0 Å². The molecule has 1 aliphatic heterocycles. The Hall–Kier alpha value is -3.04. The van der Waals surface area contributed by atoms with Gasteiger partial charge in [-0.1, -0.05) is 49.0 Å². The number of carbonyl (C=O) groups is 2. The van der Waals surface area contributed by atoms with Crippen molar-refractivity contribution in [2.45, 2.75) is 48.5 Å². The number of aryl methyl sites for hydroxylation is 1. The van der Waals surface area contributed by atoms with Gasteiger partial charge in [0.2, 0.25) is 5.91 Å². The number of rotatable bonds is 9. The molecule has 2 aromatic carbocycles. The van der Waals surface area contributed by atoms with Gasteiger partial charge in [0.25, 0.3) is 5.56 Å². The minimum Gasteiger partial charge on any atom is -0.462 e. The summed E-state index contributed by atoms with van der Waals surface area (Å²) in [6.45, 7) is 4.64. The average molecular weight is 510 g/mol. The van der Waals surface area contributed by atoms with Crippen LogP contribution in [0, 0.1) is 0 Å². The first-order chi connectivity index (χ1) is 16.9. The predicted molar refractivity (Wildman–Crippen MR) is 139 cm³/mol. The Kier molecular flexibility index (Phi) is 8.30. The Morgan fingerprint density at radius 1 is 1.17 bits per heavy atom. The quantitative estimate of drug-likeness (QED) is 0.259. The zero-order chi connectivity index (χ0) is 24.8. The van der Waals surface area contributed by atoms with Crippen LogP contribution in [0.2, 0.25) is 0 Å². The van der Waals surface area contributed by atoms with Crippen LogP contribution in [0.1, 0.15) is 35.5 Å². The van der Waals surface area contributed by atoms with Crippen molar-refractivity contribution in [3.05, 3.63) is 81.8 Å². The zero-order valence-electron chi connectivity index (χ0n) is 19.7. The van der Waals surface area contributed by atoms with Crippen LogP contribution in [0.3, 0.4) is 0 Å². The molecule has 0 unspecified atom stereocenters. The van der Waals surface area contributed by atoms with Crippen LogP contribution in [-0.2, 0) is 28.9 Å². The van der Waals surface area contributed by atoms with Gasteiger partial charge < -0.3 is 10.1 Å². The van der Waals surface area contributed by atoms with Crippen LogP contribution < -0.4 is 10.9 Å². The van der Waals surface area contributed by atoms with Gasteiger partial charge >= 0.3 is 5.97 Å². The summed E-state index contributed by atoms with van der Waals surface area (Å²) in [6.07, 6.45) is 1.45. The van der Waals surface area contributed by atoms with Gasteiger partial charge in [-0.05, 0) is 43.2 Å². The van der Waals surface area contributed by atoms with E-state index < -0.39 is 5.97 Å². The van der Waals surface area contributed by atoms with Crippen LogP contribution in [-0.4, -0.2) is 39.0 Å². The van der Waals surface area contributed by atoms with Gasteiger partial charge in [-0.15, -0.1) is 11.8 Å². The highest BCUT2D eigenvalue weighted by molar-refractivity contribution is 8.00. The molecule has 1 atom stereocenters. The van der Waals surface area contributed by atoms with Crippen molar-refractivity contribution in [3.8, 4) is 0 Å². The second kappa shape index (κ2) is 11.6. The average Bonchev–Trinajstić information content (AvgIpc) is 3.24. The van der Waals surface area contributed by atoms with E-state index in [1.807, 2.05) is 30.3 Å². The number of anilines is 1. The zero-order valence-corrected chi connectivity index (χ0v) is 21.3. The highest BCUT2D eigenvalue weighted by Crippen LogP contribution is 2.34. The number of aromatic nitrogens is 2. The molecule has 0 fully saturated rings. The molecule has 9 heteroatoms. The molecule has 1 N–H and O–H groups in total. The molecule has 4 rings (SSSR count). The number of carbonyl (C=O) groups excluding carboxylic acids is 2. The Morgan fingerprint density at radius 3 is 2.63 bits per heavy atom. The number of ether oxygens (including phenoxy) is 1. The fourth-order valence-corrected chi connectivity index (χ4v) is 5.71. The van der Waals surface area contributed by atoms with Gasteiger partial charge in [-0.2, -0.15) is 0 Å². The maximum Gasteiger partial charge on any atom is 0.338 e. The number of nitrogens with one attached hydrogen (secondary N) is 1. The molecule has 3 aromatic rings. The number of esters is 1. The van der Waals surface area contributed by atoms with E-state index in [1.165, 1.54) is 11.8 Å². The van der Waals surface area contributed by atoms with Gasteiger partial charge in [0.15, 0.2) is 5.16 Å². The van der Waals surface area contributed by atoms with Gasteiger partial charge in [0.1, 0.15) is 0 Å². The van der Waals surface area contributed by atoms with Crippen molar-refractivity contribution in [1.82, 2.24) is 9.55 Å². The minimum atomic E-state index is -0.399. The molecule has 182 valence electrons. The maximum atomic E-state index is 13.3. The van der Waals surface area contributed by atoms with Crippen LogP contribution in [0.15, 0.2) is 69.4 Å². The highest BCUT2D eigenvalue weighted by Gasteiger charge is 2.26. The molecule has 0 radical (unpaired) electrons. The summed E-state index contributed by atoms with van der Waals surface area (Å²) >= 11 is 2.84. The van der Waals surface area contributed by atoms with Gasteiger partial charge in [-0.3, -0.25) is 14.2 Å². The Bertz CT molecular complexity index is 1260. The van der Waals surface area contributed by atoms with Crippen LogP contribution in [0.25, 0.3) is 0 Å². The summed E-state index contributed by atoms with van der Waals surface area (Å²) in [5.41, 5.74) is 2.94. The minimum absolute atomic E-state index is 0.0299. The lowest BCUT2D eigenvalue weighted by molar-refractivity contribution is -0.113. The van der Waals surface area contributed by atoms with Gasteiger partial charge in [0, 0.05) is 23.9 Å². The van der Waals surface area contributed by atoms with E-state index in [0.29, 0.717) is 41.2 Å². The fourth-order valence-electron chi connectivity index (χ4n) is 3.76. The monoisotopic (exact) mass is 509 g/mol. The number of fused-ring (bicyclic) bond motifs is 1. The molecule has 35 heavy (non-hydrogen) atoms. The lowest BCUT2D eigenvalue weighted by Gasteiger charge is -2.14. The number of benzene rings is 2. The number of hydrogen-bond donors (Lipinski definition) is 1. The second-order valence-corrected chi connectivity index (χ2v) is 10.5. The molecule has 0 aliphatic carbocycles. The first-order valence-corrected chi connectivity index (χ1v) is 13.3. The topological polar surface area (TPSA) is 90.3 Å². The lowest BCUT2D eigenvalue weighted by atomic mass is 10.1. The van der Waals surface area contributed by atoms with Crippen molar-refractivity contribution >= 4 is 41.1 Å². The SMILES string of the molecule is CCOC(=O)c1ccc(NC(=O)CSc2nc3c(c(=O)n2CCc2ccccc2)S[C@@H](C)C3)cc1. The van der Waals surface area contributed by atoms with E-state index in [9.17, 15) is 14.4 Å². The molecule has 7 nitrogen and oxygen atoms in total. The van der Waals surface area contributed by atoms with Crippen LogP contribution >= 0.6 is 23.5 Å². The number of amides is 1. The Morgan fingerprint density at radius 2 is 1.91 bits per heavy atom. The molecule has 0 spiro atoms. The largest absolute Gasteiger partial charge is 0.462 e. The van der Waals surface area contributed by atoms with Crippen molar-refractivity contribution in [3.63, 3.8) is 0 Å². The van der Waals surface area contributed by atoms with Crippen molar-refractivity contribution in [2.75, 3.05) is 17.7 Å². The first-order valence-electron chi connectivity index (χ1n) is 11.5. The fraction of sp³-hybridized carbons (Fsp3) is 0.308. The molecule has 1 aliphatic rings. The summed E-state index contributed by atoms with van der Waals surface area (Å²) in [5.74, 6) is -0.505. The molecular weight excluding hydrogens is 482 g/mol. The van der Waals surface area contributed by atoms with Crippen LogP contribution in [0.4, 0.5) is 5.69 Å². The number of thioether (sulfide) groups is 2. The maximum absolute atomic E-state index is 13.3. The Balaban J connectivity index is 1.45. The van der Waals surface area contributed by atoms with Crippen LogP contribution in [0.5, 0.6) is 0 Å². The molecule has 1 aromatic heterocycles. The Labute approximate surface area is 212 Å². The third kappa shape index (κ3) is 6.35. The molecule has 2 heterocycles. The first kappa shape index (κ1) is 25.1. The number of nitrogens with zero attached hydrogens (tertiary/aromatic N) is 2. The summed E-state index contributed by atoms with van der Waals surface area (Å²) in [5, 5.41) is 3.71. The van der Waals surface area contributed by atoms with E-state index in [4.69, 9.17) is 9.72 Å². The molecular formula is C26H27N3O4S2. The predicted octanol–water partition coefficient (Wildman–Crippen LogP) is 4.43. The third-order valence-corrected chi connectivity index (χ3v) is 7.63. The second-order valence-electron chi connectivity index (χ2n) is 8.13. The molecule has 0 saturated heterocycles. The summed E-state index contributed by atoms with van der Waals surface area (Å²) in [7, 11) is 0. The molecule has 1 amide bonds. The van der Waals surface area contributed by atoms with E-state index >= 15 is 0 Å². The summed E-state index contributed by atoms with van der Waals surface area (Å²) in [4.78, 5) is 43.2.